The van der Waals surface area contributed by atoms with Crippen molar-refractivity contribution in [1.82, 2.24) is 9.80 Å². The Morgan fingerprint density at radius 3 is 2.57 bits per heavy atom. The smallest absolute Gasteiger partial charge is 0.134 e. The number of methoxy groups -OCH3 is 1. The molecule has 0 aromatic heterocycles. The number of rotatable bonds is 7. The lowest BCUT2D eigenvalue weighted by Crippen LogP contribution is -2.23. The first-order valence-corrected chi connectivity index (χ1v) is 7.26. The average molecular weight is 289 g/mol. The van der Waals surface area contributed by atoms with Gasteiger partial charge in [0.1, 0.15) is 5.75 Å². The molecule has 0 fully saturated rings. The van der Waals surface area contributed by atoms with E-state index in [0.717, 1.165) is 30.9 Å². The Morgan fingerprint density at radius 1 is 1.19 bits per heavy atom. The normalized spacial score (nSPS) is 10.6. The van der Waals surface area contributed by atoms with Crippen LogP contribution < -0.4 is 10.5 Å². The lowest BCUT2D eigenvalue weighted by molar-refractivity contribution is 0.294. The van der Waals surface area contributed by atoms with E-state index in [4.69, 9.17) is 10.5 Å². The van der Waals surface area contributed by atoms with Crippen molar-refractivity contribution in [1.29, 1.82) is 0 Å². The van der Waals surface area contributed by atoms with Gasteiger partial charge in [-0.05, 0) is 58.3 Å². The number of hydrogen-bond acceptors (Lipinski definition) is 4. The second-order valence-electron chi connectivity index (χ2n) is 5.44. The average Bonchev–Trinajstić information content (AvgIpc) is 2.44. The molecule has 0 atom stereocenters. The van der Waals surface area contributed by atoms with Gasteiger partial charge in [-0.2, -0.15) is 0 Å². The summed E-state index contributed by atoms with van der Waals surface area (Å²) in [6, 6.07) is 6.16. The van der Waals surface area contributed by atoms with Crippen LogP contribution in [0.3, 0.4) is 0 Å². The van der Waals surface area contributed by atoms with Gasteiger partial charge in [0.15, 0.2) is 0 Å². The molecule has 0 heterocycles. The van der Waals surface area contributed by atoms with E-state index in [1.807, 2.05) is 6.07 Å². The molecule has 0 aliphatic carbocycles. The molecule has 1 rings (SSSR count). The molecule has 0 radical (unpaired) electrons. The number of benzene rings is 1. The van der Waals surface area contributed by atoms with Crippen LogP contribution in [0.25, 0.3) is 0 Å². The van der Waals surface area contributed by atoms with Gasteiger partial charge in [0.05, 0.1) is 19.2 Å². The quantitative estimate of drug-likeness (QED) is 0.770. The zero-order chi connectivity index (χ0) is 15.7. The van der Waals surface area contributed by atoms with Crippen molar-refractivity contribution < 1.29 is 4.74 Å². The summed E-state index contributed by atoms with van der Waals surface area (Å²) in [6.45, 7) is 3.46. The minimum Gasteiger partial charge on any atom is -0.495 e. The van der Waals surface area contributed by atoms with E-state index < -0.39 is 0 Å². The zero-order valence-corrected chi connectivity index (χ0v) is 13.6. The van der Waals surface area contributed by atoms with E-state index in [9.17, 15) is 0 Å². The van der Waals surface area contributed by atoms with Gasteiger partial charge in [-0.15, -0.1) is 0 Å². The monoisotopic (exact) mass is 289 g/mol. The Balaban J connectivity index is 2.66. The highest BCUT2D eigenvalue weighted by atomic mass is 16.5. The van der Waals surface area contributed by atoms with Crippen molar-refractivity contribution in [2.75, 3.05) is 47.9 Å². The predicted octanol–water partition coefficient (Wildman–Crippen LogP) is 1.39. The molecule has 4 heteroatoms. The molecule has 0 aliphatic heterocycles. The molecule has 0 unspecified atom stereocenters. The summed E-state index contributed by atoms with van der Waals surface area (Å²) in [6.07, 6.45) is 1.17. The van der Waals surface area contributed by atoms with E-state index in [-0.39, 0.29) is 0 Å². The Kier molecular flexibility index (Phi) is 7.84. The number of hydrogen-bond donors (Lipinski definition) is 1. The summed E-state index contributed by atoms with van der Waals surface area (Å²) in [5.41, 5.74) is 7.58. The Labute approximate surface area is 128 Å². The number of nitrogens with two attached hydrogens (primary N) is 1. The van der Waals surface area contributed by atoms with Crippen molar-refractivity contribution in [2.45, 2.75) is 13.0 Å². The van der Waals surface area contributed by atoms with Gasteiger partial charge < -0.3 is 20.3 Å². The molecule has 0 spiro atoms. The summed E-state index contributed by atoms with van der Waals surface area (Å²) >= 11 is 0. The van der Waals surface area contributed by atoms with Crippen molar-refractivity contribution in [3.63, 3.8) is 0 Å². The molecule has 0 saturated carbocycles. The third-order valence-corrected chi connectivity index (χ3v) is 3.19. The van der Waals surface area contributed by atoms with Crippen LogP contribution in [-0.2, 0) is 6.54 Å². The van der Waals surface area contributed by atoms with Gasteiger partial charge >= 0.3 is 0 Å². The summed E-state index contributed by atoms with van der Waals surface area (Å²) in [5, 5.41) is 0. The summed E-state index contributed by atoms with van der Waals surface area (Å²) in [5.74, 6) is 6.76. The lowest BCUT2D eigenvalue weighted by Gasteiger charge is -2.18. The maximum absolute atomic E-state index is 5.44. The summed E-state index contributed by atoms with van der Waals surface area (Å²) in [4.78, 5) is 4.53. The molecular formula is C17H27N3O. The fourth-order valence-electron chi connectivity index (χ4n) is 2.15. The molecule has 0 bridgehead atoms. The third-order valence-electron chi connectivity index (χ3n) is 3.19. The van der Waals surface area contributed by atoms with Gasteiger partial charge in [-0.3, -0.25) is 0 Å². The predicted molar refractivity (Wildman–Crippen MR) is 88.4 cm³/mol. The van der Waals surface area contributed by atoms with E-state index in [0.29, 0.717) is 6.54 Å². The summed E-state index contributed by atoms with van der Waals surface area (Å²) < 4.78 is 5.33. The molecule has 1 aromatic rings. The van der Waals surface area contributed by atoms with Crippen LogP contribution in [0.2, 0.25) is 0 Å². The molecule has 116 valence electrons. The minimum atomic E-state index is 0.359. The van der Waals surface area contributed by atoms with Crippen LogP contribution in [0.4, 0.5) is 0 Å². The first kappa shape index (κ1) is 17.5. The van der Waals surface area contributed by atoms with E-state index in [1.54, 1.807) is 7.11 Å². The van der Waals surface area contributed by atoms with Crippen LogP contribution in [0, 0.1) is 11.8 Å². The van der Waals surface area contributed by atoms with Gasteiger partial charge in [0.25, 0.3) is 0 Å². The summed E-state index contributed by atoms with van der Waals surface area (Å²) in [7, 11) is 8.01. The van der Waals surface area contributed by atoms with Crippen molar-refractivity contribution in [2.24, 2.45) is 5.73 Å². The Bertz CT molecular complexity index is 489. The second kappa shape index (κ2) is 9.41. The van der Waals surface area contributed by atoms with Crippen molar-refractivity contribution in [3.8, 4) is 17.6 Å². The Hall–Kier alpha value is -1.54. The van der Waals surface area contributed by atoms with Crippen LogP contribution in [-0.4, -0.2) is 57.7 Å². The second-order valence-corrected chi connectivity index (χ2v) is 5.44. The minimum absolute atomic E-state index is 0.359. The molecule has 0 amide bonds. The van der Waals surface area contributed by atoms with Crippen LogP contribution >= 0.6 is 0 Å². The first-order chi connectivity index (χ1) is 10.1. The first-order valence-electron chi connectivity index (χ1n) is 7.26. The van der Waals surface area contributed by atoms with Crippen LogP contribution in [0.5, 0.6) is 5.75 Å². The van der Waals surface area contributed by atoms with Crippen LogP contribution in [0.15, 0.2) is 18.2 Å². The molecule has 4 nitrogen and oxygen atoms in total. The van der Waals surface area contributed by atoms with E-state index in [2.05, 4.69) is 54.9 Å². The van der Waals surface area contributed by atoms with Crippen molar-refractivity contribution in [3.05, 3.63) is 29.3 Å². The largest absolute Gasteiger partial charge is 0.495 e. The molecule has 21 heavy (non-hydrogen) atoms. The number of ether oxygens (including phenoxy) is 1. The zero-order valence-electron chi connectivity index (χ0n) is 13.6. The van der Waals surface area contributed by atoms with Gasteiger partial charge in [0.2, 0.25) is 0 Å². The maximum atomic E-state index is 5.44. The topological polar surface area (TPSA) is 41.7 Å². The SMILES string of the molecule is COc1ccc(CN(C)CCCN(C)C)cc1C#CCN. The highest BCUT2D eigenvalue weighted by Crippen LogP contribution is 2.19. The molecule has 1 aromatic carbocycles. The van der Waals surface area contributed by atoms with E-state index >= 15 is 0 Å². The van der Waals surface area contributed by atoms with E-state index in [1.165, 1.54) is 12.0 Å². The molecule has 0 saturated heterocycles. The molecular weight excluding hydrogens is 262 g/mol. The Morgan fingerprint density at radius 2 is 1.95 bits per heavy atom. The highest BCUT2D eigenvalue weighted by Gasteiger charge is 2.05. The van der Waals surface area contributed by atoms with Gasteiger partial charge in [-0.25, -0.2) is 0 Å². The third kappa shape index (κ3) is 6.63. The maximum Gasteiger partial charge on any atom is 0.134 e. The highest BCUT2D eigenvalue weighted by molar-refractivity contribution is 5.48. The number of nitrogens with zero attached hydrogens (tertiary/aromatic N) is 2. The lowest BCUT2D eigenvalue weighted by atomic mass is 10.1. The van der Waals surface area contributed by atoms with Crippen molar-refractivity contribution >= 4 is 0 Å². The van der Waals surface area contributed by atoms with Crippen LogP contribution in [0.1, 0.15) is 17.5 Å². The fourth-order valence-corrected chi connectivity index (χ4v) is 2.15. The molecule has 2 N–H and O–H groups in total. The van der Waals surface area contributed by atoms with Gasteiger partial charge in [0, 0.05) is 6.54 Å². The standard InChI is InChI=1S/C17H27N3O/c1-19(2)11-6-12-20(3)14-15-8-9-17(21-4)16(13-15)7-5-10-18/h8-9,13H,6,10-12,14,18H2,1-4H3. The fraction of sp³-hybridized carbons (Fsp3) is 0.529. The molecule has 0 aliphatic rings. The van der Waals surface area contributed by atoms with Gasteiger partial charge in [-0.1, -0.05) is 17.9 Å².